The SMILES string of the molecule is O=C(CCOc1ccc(F)cc1Cl)NCc1ccc(N2CCOCC2)cc1. The molecule has 1 heterocycles. The number of carbonyl (C=O) groups excluding carboxylic acids is 1. The van der Waals surface area contributed by atoms with Crippen LogP contribution in [-0.2, 0) is 16.1 Å². The Morgan fingerprint density at radius 2 is 1.93 bits per heavy atom. The lowest BCUT2D eigenvalue weighted by Gasteiger charge is -2.28. The van der Waals surface area contributed by atoms with E-state index in [0.717, 1.165) is 37.6 Å². The monoisotopic (exact) mass is 392 g/mol. The number of ether oxygens (including phenoxy) is 2. The highest BCUT2D eigenvalue weighted by Gasteiger charge is 2.11. The standard InChI is InChI=1S/C20H22ClFN2O3/c21-18-13-16(22)3-6-19(18)27-10-7-20(25)23-14-15-1-4-17(5-2-15)24-8-11-26-12-9-24/h1-6,13H,7-12,14H2,(H,23,25). The van der Waals surface area contributed by atoms with E-state index in [-0.39, 0.29) is 24.0 Å². The number of rotatable bonds is 7. The Bertz CT molecular complexity index is 764. The number of morpholine rings is 1. The number of nitrogens with one attached hydrogen (secondary N) is 1. The molecular formula is C20H22ClFN2O3. The lowest BCUT2D eigenvalue weighted by molar-refractivity contribution is -0.121. The lowest BCUT2D eigenvalue weighted by atomic mass is 10.2. The summed E-state index contributed by atoms with van der Waals surface area (Å²) in [6.45, 7) is 3.93. The van der Waals surface area contributed by atoms with Crippen LogP contribution in [0.2, 0.25) is 5.02 Å². The smallest absolute Gasteiger partial charge is 0.223 e. The van der Waals surface area contributed by atoms with Crippen molar-refractivity contribution in [3.05, 3.63) is 58.9 Å². The summed E-state index contributed by atoms with van der Waals surface area (Å²) in [7, 11) is 0. The molecule has 0 unspecified atom stereocenters. The average Bonchev–Trinajstić information content (AvgIpc) is 2.69. The average molecular weight is 393 g/mol. The van der Waals surface area contributed by atoms with Crippen molar-refractivity contribution in [2.75, 3.05) is 37.8 Å². The third-order valence-electron chi connectivity index (χ3n) is 4.28. The predicted molar refractivity (Wildman–Crippen MR) is 103 cm³/mol. The second-order valence-electron chi connectivity index (χ2n) is 6.22. The van der Waals surface area contributed by atoms with E-state index in [1.54, 1.807) is 0 Å². The molecule has 3 rings (SSSR count). The van der Waals surface area contributed by atoms with Crippen LogP contribution in [0.3, 0.4) is 0 Å². The fraction of sp³-hybridized carbons (Fsp3) is 0.350. The molecule has 0 aromatic heterocycles. The molecule has 0 bridgehead atoms. The van der Waals surface area contributed by atoms with Gasteiger partial charge in [0.1, 0.15) is 11.6 Å². The maximum atomic E-state index is 13.0. The normalized spacial score (nSPS) is 14.1. The molecular weight excluding hydrogens is 371 g/mol. The van der Waals surface area contributed by atoms with Crippen LogP contribution in [0.5, 0.6) is 5.75 Å². The Labute approximate surface area is 163 Å². The highest BCUT2D eigenvalue weighted by atomic mass is 35.5. The van der Waals surface area contributed by atoms with Crippen molar-refractivity contribution in [1.82, 2.24) is 5.32 Å². The molecule has 1 N–H and O–H groups in total. The zero-order chi connectivity index (χ0) is 19.1. The van der Waals surface area contributed by atoms with E-state index in [2.05, 4.69) is 22.3 Å². The van der Waals surface area contributed by atoms with Crippen LogP contribution >= 0.6 is 11.6 Å². The van der Waals surface area contributed by atoms with Crippen molar-refractivity contribution in [2.24, 2.45) is 0 Å². The maximum absolute atomic E-state index is 13.0. The number of anilines is 1. The van der Waals surface area contributed by atoms with E-state index >= 15 is 0 Å². The van der Waals surface area contributed by atoms with Crippen LogP contribution in [0, 0.1) is 5.82 Å². The second kappa shape index (κ2) is 9.58. The Kier molecular flexibility index (Phi) is 6.90. The maximum Gasteiger partial charge on any atom is 0.223 e. The minimum absolute atomic E-state index is 0.120. The van der Waals surface area contributed by atoms with Crippen LogP contribution in [0.25, 0.3) is 0 Å². The molecule has 0 aliphatic carbocycles. The van der Waals surface area contributed by atoms with Crippen molar-refractivity contribution in [2.45, 2.75) is 13.0 Å². The van der Waals surface area contributed by atoms with Crippen molar-refractivity contribution < 1.29 is 18.7 Å². The fourth-order valence-electron chi connectivity index (χ4n) is 2.78. The van der Waals surface area contributed by atoms with Gasteiger partial charge in [0.05, 0.1) is 31.3 Å². The zero-order valence-corrected chi connectivity index (χ0v) is 15.7. The molecule has 1 amide bonds. The van der Waals surface area contributed by atoms with E-state index in [1.807, 2.05) is 12.1 Å². The van der Waals surface area contributed by atoms with Gasteiger partial charge in [-0.3, -0.25) is 4.79 Å². The molecule has 5 nitrogen and oxygen atoms in total. The molecule has 7 heteroatoms. The van der Waals surface area contributed by atoms with E-state index in [0.29, 0.717) is 12.3 Å². The quantitative estimate of drug-likeness (QED) is 0.784. The minimum atomic E-state index is -0.426. The highest BCUT2D eigenvalue weighted by Crippen LogP contribution is 2.24. The summed E-state index contributed by atoms with van der Waals surface area (Å²) in [6, 6.07) is 12.0. The molecule has 1 aliphatic heterocycles. The first-order valence-corrected chi connectivity index (χ1v) is 9.26. The number of hydrogen-bond donors (Lipinski definition) is 1. The summed E-state index contributed by atoms with van der Waals surface area (Å²) in [6.07, 6.45) is 0.194. The van der Waals surface area contributed by atoms with Gasteiger partial charge in [0.15, 0.2) is 0 Å². The first-order chi connectivity index (χ1) is 13.1. The number of nitrogens with zero attached hydrogens (tertiary/aromatic N) is 1. The number of hydrogen-bond acceptors (Lipinski definition) is 4. The van der Waals surface area contributed by atoms with Gasteiger partial charge in [0.25, 0.3) is 0 Å². The molecule has 0 spiro atoms. The van der Waals surface area contributed by atoms with Crippen LogP contribution in [-0.4, -0.2) is 38.8 Å². The molecule has 2 aromatic rings. The fourth-order valence-corrected chi connectivity index (χ4v) is 3.00. The molecule has 27 heavy (non-hydrogen) atoms. The van der Waals surface area contributed by atoms with Gasteiger partial charge in [0, 0.05) is 25.3 Å². The summed E-state index contributed by atoms with van der Waals surface area (Å²) >= 11 is 5.88. The highest BCUT2D eigenvalue weighted by molar-refractivity contribution is 6.32. The number of benzene rings is 2. The molecule has 1 saturated heterocycles. The minimum Gasteiger partial charge on any atom is -0.491 e. The topological polar surface area (TPSA) is 50.8 Å². The summed E-state index contributed by atoms with van der Waals surface area (Å²) < 4.78 is 23.8. The Morgan fingerprint density at radius 1 is 1.19 bits per heavy atom. The van der Waals surface area contributed by atoms with Crippen LogP contribution in [0.15, 0.2) is 42.5 Å². The first-order valence-electron chi connectivity index (χ1n) is 8.88. The number of amides is 1. The number of halogens is 2. The molecule has 0 saturated carbocycles. The van der Waals surface area contributed by atoms with E-state index in [1.165, 1.54) is 18.2 Å². The first kappa shape index (κ1) is 19.5. The third kappa shape index (κ3) is 5.84. The molecule has 144 valence electrons. The van der Waals surface area contributed by atoms with Crippen molar-refractivity contribution in [3.63, 3.8) is 0 Å². The van der Waals surface area contributed by atoms with Gasteiger partial charge < -0.3 is 19.7 Å². The molecule has 1 fully saturated rings. The molecule has 1 aliphatic rings. The van der Waals surface area contributed by atoms with Gasteiger partial charge in [0.2, 0.25) is 5.91 Å². The largest absolute Gasteiger partial charge is 0.491 e. The Hall–Kier alpha value is -2.31. The van der Waals surface area contributed by atoms with Crippen LogP contribution < -0.4 is 15.0 Å². The van der Waals surface area contributed by atoms with E-state index in [9.17, 15) is 9.18 Å². The van der Waals surface area contributed by atoms with Gasteiger partial charge >= 0.3 is 0 Å². The lowest BCUT2D eigenvalue weighted by Crippen LogP contribution is -2.36. The van der Waals surface area contributed by atoms with E-state index in [4.69, 9.17) is 21.1 Å². The number of carbonyl (C=O) groups is 1. The third-order valence-corrected chi connectivity index (χ3v) is 4.58. The van der Waals surface area contributed by atoms with Gasteiger partial charge in [-0.15, -0.1) is 0 Å². The second-order valence-corrected chi connectivity index (χ2v) is 6.62. The van der Waals surface area contributed by atoms with Gasteiger partial charge in [-0.05, 0) is 35.9 Å². The van der Waals surface area contributed by atoms with Gasteiger partial charge in [-0.2, -0.15) is 0 Å². The summed E-state index contributed by atoms with van der Waals surface area (Å²) in [4.78, 5) is 14.2. The van der Waals surface area contributed by atoms with Crippen molar-refractivity contribution in [1.29, 1.82) is 0 Å². The zero-order valence-electron chi connectivity index (χ0n) is 14.9. The van der Waals surface area contributed by atoms with Crippen LogP contribution in [0.4, 0.5) is 10.1 Å². The van der Waals surface area contributed by atoms with E-state index < -0.39 is 5.82 Å². The summed E-state index contributed by atoms with van der Waals surface area (Å²) in [5.41, 5.74) is 2.20. The van der Waals surface area contributed by atoms with Gasteiger partial charge in [-0.1, -0.05) is 23.7 Å². The predicted octanol–water partition coefficient (Wildman–Crippen LogP) is 3.40. The summed E-state index contributed by atoms with van der Waals surface area (Å²) in [5, 5.41) is 3.05. The summed E-state index contributed by atoms with van der Waals surface area (Å²) in [5.74, 6) is -0.181. The molecule has 2 aromatic carbocycles. The Morgan fingerprint density at radius 3 is 2.63 bits per heavy atom. The van der Waals surface area contributed by atoms with Crippen LogP contribution in [0.1, 0.15) is 12.0 Å². The Balaban J connectivity index is 1.39. The van der Waals surface area contributed by atoms with Crippen molar-refractivity contribution in [3.8, 4) is 5.75 Å². The van der Waals surface area contributed by atoms with Gasteiger partial charge in [-0.25, -0.2) is 4.39 Å². The van der Waals surface area contributed by atoms with Crippen molar-refractivity contribution >= 4 is 23.2 Å². The molecule has 0 radical (unpaired) electrons. The molecule has 0 atom stereocenters.